The van der Waals surface area contributed by atoms with Crippen LogP contribution in [0.5, 0.6) is 0 Å². The van der Waals surface area contributed by atoms with Crippen LogP contribution in [0.1, 0.15) is 16.1 Å². The zero-order valence-electron chi connectivity index (χ0n) is 6.97. The van der Waals surface area contributed by atoms with Crippen molar-refractivity contribution in [1.82, 2.24) is 4.98 Å². The topological polar surface area (TPSA) is 71.8 Å². The molecule has 0 aromatic carbocycles. The molecule has 1 aromatic heterocycles. The van der Waals surface area contributed by atoms with Crippen LogP contribution in [0.25, 0.3) is 0 Å². The maximum absolute atomic E-state index is 11.0. The SMILES string of the molecule is COC(=O)c1cc(/C=N/O)ccn1. The summed E-state index contributed by atoms with van der Waals surface area (Å²) in [4.78, 5) is 14.8. The zero-order valence-corrected chi connectivity index (χ0v) is 6.97. The summed E-state index contributed by atoms with van der Waals surface area (Å²) >= 11 is 0. The van der Waals surface area contributed by atoms with Crippen LogP contribution in [0, 0.1) is 0 Å². The number of carbonyl (C=O) groups is 1. The number of nitrogens with zero attached hydrogens (tertiary/aromatic N) is 2. The fourth-order valence-electron chi connectivity index (χ4n) is 0.810. The van der Waals surface area contributed by atoms with E-state index in [1.54, 1.807) is 6.07 Å². The molecule has 0 unspecified atom stereocenters. The summed E-state index contributed by atoms with van der Waals surface area (Å²) in [7, 11) is 1.27. The molecule has 0 spiro atoms. The van der Waals surface area contributed by atoms with Crippen molar-refractivity contribution in [3.05, 3.63) is 29.6 Å². The third kappa shape index (κ3) is 2.26. The van der Waals surface area contributed by atoms with Gasteiger partial charge in [0.2, 0.25) is 0 Å². The van der Waals surface area contributed by atoms with Gasteiger partial charge in [-0.1, -0.05) is 5.16 Å². The monoisotopic (exact) mass is 180 g/mol. The van der Waals surface area contributed by atoms with Crippen LogP contribution in [0.4, 0.5) is 0 Å². The Bertz CT molecular complexity index is 336. The highest BCUT2D eigenvalue weighted by Gasteiger charge is 2.05. The van der Waals surface area contributed by atoms with Crippen LogP contribution in [-0.2, 0) is 4.74 Å². The number of methoxy groups -OCH3 is 1. The highest BCUT2D eigenvalue weighted by atomic mass is 16.5. The molecule has 5 nitrogen and oxygen atoms in total. The summed E-state index contributed by atoms with van der Waals surface area (Å²) < 4.78 is 4.46. The van der Waals surface area contributed by atoms with Gasteiger partial charge in [-0.05, 0) is 17.7 Å². The number of esters is 1. The molecule has 0 aliphatic heterocycles. The first-order valence-corrected chi connectivity index (χ1v) is 3.49. The van der Waals surface area contributed by atoms with E-state index in [4.69, 9.17) is 5.21 Å². The molecule has 0 saturated carbocycles. The van der Waals surface area contributed by atoms with Gasteiger partial charge in [0.05, 0.1) is 13.3 Å². The Balaban J connectivity index is 2.98. The second-order valence-electron chi connectivity index (χ2n) is 2.21. The Morgan fingerprint density at radius 3 is 3.15 bits per heavy atom. The van der Waals surface area contributed by atoms with Crippen molar-refractivity contribution in [2.24, 2.45) is 5.16 Å². The average molecular weight is 180 g/mol. The van der Waals surface area contributed by atoms with Crippen molar-refractivity contribution in [1.29, 1.82) is 0 Å². The predicted molar refractivity (Wildman–Crippen MR) is 45.0 cm³/mol. The molecule has 5 heteroatoms. The Morgan fingerprint density at radius 1 is 1.77 bits per heavy atom. The number of hydrogen-bond acceptors (Lipinski definition) is 5. The molecule has 0 atom stereocenters. The summed E-state index contributed by atoms with van der Waals surface area (Å²) in [5.74, 6) is -0.520. The first kappa shape index (κ1) is 9.18. The second-order valence-corrected chi connectivity index (χ2v) is 2.21. The van der Waals surface area contributed by atoms with Crippen molar-refractivity contribution in [2.45, 2.75) is 0 Å². The van der Waals surface area contributed by atoms with E-state index in [9.17, 15) is 4.79 Å². The van der Waals surface area contributed by atoms with E-state index >= 15 is 0 Å². The molecule has 0 fully saturated rings. The third-order valence-corrected chi connectivity index (χ3v) is 1.39. The Kier molecular flexibility index (Phi) is 2.97. The number of pyridine rings is 1. The smallest absolute Gasteiger partial charge is 0.356 e. The minimum absolute atomic E-state index is 0.180. The van der Waals surface area contributed by atoms with Gasteiger partial charge in [0.1, 0.15) is 5.69 Å². The van der Waals surface area contributed by atoms with Crippen LogP contribution in [0.15, 0.2) is 23.5 Å². The summed E-state index contributed by atoms with van der Waals surface area (Å²) in [6.07, 6.45) is 2.64. The van der Waals surface area contributed by atoms with Crippen molar-refractivity contribution < 1.29 is 14.7 Å². The number of aromatic nitrogens is 1. The van der Waals surface area contributed by atoms with Gasteiger partial charge in [-0.25, -0.2) is 9.78 Å². The fourth-order valence-corrected chi connectivity index (χ4v) is 0.810. The molecular formula is C8H8N2O3. The molecule has 1 aromatic rings. The largest absolute Gasteiger partial charge is 0.464 e. The van der Waals surface area contributed by atoms with Gasteiger partial charge in [-0.15, -0.1) is 0 Å². The molecule has 0 aliphatic carbocycles. The molecule has 1 rings (SSSR count). The second kappa shape index (κ2) is 4.20. The lowest BCUT2D eigenvalue weighted by Gasteiger charge is -1.97. The molecule has 0 aliphatic rings. The Morgan fingerprint density at radius 2 is 2.54 bits per heavy atom. The van der Waals surface area contributed by atoms with Crippen molar-refractivity contribution in [3.63, 3.8) is 0 Å². The predicted octanol–water partition coefficient (Wildman–Crippen LogP) is 0.676. The summed E-state index contributed by atoms with van der Waals surface area (Å²) in [6, 6.07) is 3.07. The van der Waals surface area contributed by atoms with Crippen molar-refractivity contribution in [2.75, 3.05) is 7.11 Å². The van der Waals surface area contributed by atoms with Gasteiger partial charge in [0, 0.05) is 6.20 Å². The highest BCUT2D eigenvalue weighted by Crippen LogP contribution is 2.00. The zero-order chi connectivity index (χ0) is 9.68. The van der Waals surface area contributed by atoms with Gasteiger partial charge in [-0.3, -0.25) is 0 Å². The fraction of sp³-hybridized carbons (Fsp3) is 0.125. The van der Waals surface area contributed by atoms with Gasteiger partial charge in [0.25, 0.3) is 0 Å². The maximum atomic E-state index is 11.0. The summed E-state index contributed by atoms with van der Waals surface area (Å²) in [5.41, 5.74) is 0.762. The number of rotatable bonds is 2. The number of oxime groups is 1. The van der Waals surface area contributed by atoms with E-state index in [1.165, 1.54) is 25.6 Å². The molecule has 1 N–H and O–H groups in total. The standard InChI is InChI=1S/C8H8N2O3/c1-13-8(11)7-4-6(5-10-12)2-3-9-7/h2-5,12H,1H3/b10-5+. The minimum atomic E-state index is -0.520. The van der Waals surface area contributed by atoms with E-state index in [1.807, 2.05) is 0 Å². The molecule has 0 amide bonds. The summed E-state index contributed by atoms with van der Waals surface area (Å²) in [5, 5.41) is 11.1. The number of carbonyl (C=O) groups excluding carboxylic acids is 1. The highest BCUT2D eigenvalue weighted by molar-refractivity contribution is 5.90. The molecule has 1 heterocycles. The van der Waals surface area contributed by atoms with E-state index in [0.29, 0.717) is 5.56 Å². The van der Waals surface area contributed by atoms with Crippen LogP contribution in [-0.4, -0.2) is 29.5 Å². The maximum Gasteiger partial charge on any atom is 0.356 e. The molecule has 0 saturated heterocycles. The van der Waals surface area contributed by atoms with E-state index in [0.717, 1.165) is 0 Å². The van der Waals surface area contributed by atoms with Crippen LogP contribution >= 0.6 is 0 Å². The lowest BCUT2D eigenvalue weighted by atomic mass is 10.2. The Hall–Kier alpha value is -1.91. The van der Waals surface area contributed by atoms with E-state index in [2.05, 4.69) is 14.9 Å². The average Bonchev–Trinajstić information content (AvgIpc) is 2.18. The first-order chi connectivity index (χ1) is 6.27. The van der Waals surface area contributed by atoms with Crippen molar-refractivity contribution in [3.8, 4) is 0 Å². The van der Waals surface area contributed by atoms with E-state index < -0.39 is 5.97 Å². The lowest BCUT2D eigenvalue weighted by molar-refractivity contribution is 0.0594. The van der Waals surface area contributed by atoms with Gasteiger partial charge >= 0.3 is 5.97 Å². The van der Waals surface area contributed by atoms with Crippen molar-refractivity contribution >= 4 is 12.2 Å². The van der Waals surface area contributed by atoms with Gasteiger partial charge < -0.3 is 9.94 Å². The normalized spacial score (nSPS) is 10.2. The number of ether oxygens (including phenoxy) is 1. The van der Waals surface area contributed by atoms with Crippen LogP contribution in [0.3, 0.4) is 0 Å². The van der Waals surface area contributed by atoms with Crippen LogP contribution in [0.2, 0.25) is 0 Å². The lowest BCUT2D eigenvalue weighted by Crippen LogP contribution is -2.04. The first-order valence-electron chi connectivity index (χ1n) is 3.49. The third-order valence-electron chi connectivity index (χ3n) is 1.39. The quantitative estimate of drug-likeness (QED) is 0.314. The Labute approximate surface area is 74.7 Å². The molecular weight excluding hydrogens is 172 g/mol. The number of hydrogen-bond donors (Lipinski definition) is 1. The van der Waals surface area contributed by atoms with E-state index in [-0.39, 0.29) is 5.69 Å². The molecule has 0 radical (unpaired) electrons. The van der Waals surface area contributed by atoms with Gasteiger partial charge in [0.15, 0.2) is 0 Å². The molecule has 68 valence electrons. The van der Waals surface area contributed by atoms with Crippen LogP contribution < -0.4 is 0 Å². The van der Waals surface area contributed by atoms with Gasteiger partial charge in [-0.2, -0.15) is 0 Å². The molecule has 13 heavy (non-hydrogen) atoms. The molecule has 0 bridgehead atoms. The minimum Gasteiger partial charge on any atom is -0.464 e. The summed E-state index contributed by atoms with van der Waals surface area (Å²) in [6.45, 7) is 0.